The van der Waals surface area contributed by atoms with Gasteiger partial charge in [0.25, 0.3) is 0 Å². The van der Waals surface area contributed by atoms with Crippen LogP contribution in [0, 0.1) is 0 Å². The van der Waals surface area contributed by atoms with Gasteiger partial charge in [-0.25, -0.2) is 4.79 Å². The number of hydrogen-bond acceptors (Lipinski definition) is 6. The molecule has 2 heterocycles. The molecule has 4 atom stereocenters. The molecule has 11 heteroatoms. The summed E-state index contributed by atoms with van der Waals surface area (Å²) in [6.07, 6.45) is 14.6. The van der Waals surface area contributed by atoms with Crippen LogP contribution in [0.25, 0.3) is 5.57 Å². The Morgan fingerprint density at radius 3 is 2.52 bits per heavy atom. The Bertz CT molecular complexity index is 1490. The molecule has 1 aromatic rings. The van der Waals surface area contributed by atoms with E-state index in [1.165, 1.54) is 22.3 Å². The van der Waals surface area contributed by atoms with Crippen molar-refractivity contribution in [1.82, 2.24) is 20.0 Å². The number of unbranched alkanes of at least 4 members (excludes halogenated alkanes) is 2. The van der Waals surface area contributed by atoms with Crippen LogP contribution in [-0.4, -0.2) is 114 Å². The number of ether oxygens (including phenoxy) is 1. The summed E-state index contributed by atoms with van der Waals surface area (Å²) in [7, 11) is 0.688. The second-order valence-electron chi connectivity index (χ2n) is 15.1. The molecule has 1 N–H and O–H groups in total. The Hall–Kier alpha value is -3.31. The van der Waals surface area contributed by atoms with Crippen LogP contribution in [0.4, 0.5) is 4.79 Å². The number of likely N-dealkylation sites (tertiary alicyclic amines) is 2. The number of nitrogens with zero attached hydrogens (tertiary/aromatic N) is 3. The molecule has 2 fully saturated rings. The highest BCUT2D eigenvalue weighted by Gasteiger charge is 2.43. The maximum Gasteiger partial charge on any atom is 0.410 e. The third-order valence-electron chi connectivity index (χ3n) is 11.4. The van der Waals surface area contributed by atoms with Gasteiger partial charge in [-0.2, -0.15) is 0 Å². The first-order chi connectivity index (χ1) is 25.1. The van der Waals surface area contributed by atoms with E-state index in [4.69, 9.17) is 8.92 Å². The summed E-state index contributed by atoms with van der Waals surface area (Å²) in [5, 5.41) is 3.55. The summed E-state index contributed by atoms with van der Waals surface area (Å²) in [5.74, 6) is 0.899. The number of nitrogens with one attached hydrogen (secondary N) is 1. The molecule has 2 aliphatic heterocycles. The van der Waals surface area contributed by atoms with Gasteiger partial charge in [0.2, 0.25) is 17.7 Å². The van der Waals surface area contributed by atoms with Crippen molar-refractivity contribution in [2.24, 2.45) is 0 Å². The number of allylic oxidation sites excluding steroid dienone is 3. The van der Waals surface area contributed by atoms with Crippen LogP contribution >= 0.6 is 10.3 Å². The van der Waals surface area contributed by atoms with Gasteiger partial charge in [0.15, 0.2) is 0 Å². The van der Waals surface area contributed by atoms with Gasteiger partial charge in [0, 0.05) is 56.6 Å². The minimum absolute atomic E-state index is 0.0357. The molecule has 4 amide bonds. The highest BCUT2D eigenvalue weighted by molar-refractivity contribution is 8.29. The Kier molecular flexibility index (Phi) is 14.3. The van der Waals surface area contributed by atoms with Gasteiger partial charge >= 0.3 is 6.09 Å². The lowest BCUT2D eigenvalue weighted by molar-refractivity contribution is -0.145. The third-order valence-corrected chi connectivity index (χ3v) is 15.3. The Balaban J connectivity index is 1.03. The maximum absolute atomic E-state index is 13.9. The van der Waals surface area contributed by atoms with Gasteiger partial charge in [-0.1, -0.05) is 62.3 Å². The number of likely N-dealkylation sites (N-methyl/N-ethyl adjacent to an activating group) is 1. The van der Waals surface area contributed by atoms with Crippen molar-refractivity contribution in [2.75, 3.05) is 58.4 Å². The van der Waals surface area contributed by atoms with Crippen molar-refractivity contribution in [3.8, 4) is 0 Å². The first kappa shape index (κ1) is 39.9. The lowest BCUT2D eigenvalue weighted by atomic mass is 9.91. The van der Waals surface area contributed by atoms with E-state index in [-0.39, 0.29) is 30.2 Å². The van der Waals surface area contributed by atoms with Gasteiger partial charge in [-0.15, -0.1) is 10.3 Å². The fraction of sp³-hybridized carbons (Fsp3) is 0.659. The van der Waals surface area contributed by atoms with Crippen LogP contribution < -0.4 is 5.32 Å². The van der Waals surface area contributed by atoms with Crippen molar-refractivity contribution >= 4 is 39.7 Å². The number of amides is 4. The van der Waals surface area contributed by atoms with Gasteiger partial charge in [-0.3, -0.25) is 19.3 Å². The molecule has 0 saturated carbocycles. The molecule has 0 aromatic heterocycles. The Morgan fingerprint density at radius 2 is 1.75 bits per heavy atom. The molecule has 2 aliphatic carbocycles. The van der Waals surface area contributed by atoms with Crippen LogP contribution in [0.2, 0.25) is 0 Å². The maximum atomic E-state index is 13.9. The van der Waals surface area contributed by atoms with Crippen LogP contribution in [0.1, 0.15) is 108 Å². The fourth-order valence-electron chi connectivity index (χ4n) is 8.24. The smallest absolute Gasteiger partial charge is 0.410 e. The lowest BCUT2D eigenvalue weighted by Gasteiger charge is -2.39. The monoisotopic (exact) mass is 738 g/mol. The molecule has 5 rings (SSSR count). The quantitative estimate of drug-likeness (QED) is 0.176. The average Bonchev–Trinajstić information content (AvgIpc) is 3.90. The molecule has 288 valence electrons. The van der Waals surface area contributed by atoms with E-state index in [0.29, 0.717) is 50.7 Å². The summed E-state index contributed by atoms with van der Waals surface area (Å²) < 4.78 is 12.0. The van der Waals surface area contributed by atoms with E-state index in [1.807, 2.05) is 19.1 Å². The molecule has 52 heavy (non-hydrogen) atoms. The van der Waals surface area contributed by atoms with E-state index < -0.39 is 28.5 Å². The highest BCUT2D eigenvalue weighted by Crippen LogP contribution is 2.50. The second kappa shape index (κ2) is 18.6. The van der Waals surface area contributed by atoms with Crippen LogP contribution in [0.5, 0.6) is 0 Å². The van der Waals surface area contributed by atoms with Gasteiger partial charge in [-0.05, 0) is 87.7 Å². The minimum Gasteiger partial charge on any atom is -0.448 e. The Morgan fingerprint density at radius 1 is 1.00 bits per heavy atom. The van der Waals surface area contributed by atoms with E-state index >= 15 is 0 Å². The van der Waals surface area contributed by atoms with Gasteiger partial charge in [0.05, 0.1) is 6.61 Å². The van der Waals surface area contributed by atoms with E-state index in [9.17, 15) is 19.2 Å². The molecule has 0 spiro atoms. The fourth-order valence-corrected chi connectivity index (χ4v) is 10.4. The number of fused-ring (bicyclic) bond motifs is 2. The molecule has 4 aliphatic rings. The molecule has 1 aromatic carbocycles. The zero-order valence-corrected chi connectivity index (χ0v) is 33.0. The first-order valence-corrected chi connectivity index (χ1v) is 21.9. The number of hydrogen-bond donors (Lipinski definition) is 1. The molecular formula is C41H62N4O6S. The topological polar surface area (TPSA) is 108 Å². The Labute approximate surface area is 313 Å². The SMILES string of the molecule is CCOS(C)(CCCNC(=O)CCCCCN(C)C(=O)C1CCCN1C(=O)C1CCCN1C(=O)OCC1C2=C(C=CCC2)c2ccccc21)C(C)C. The van der Waals surface area contributed by atoms with E-state index in [1.54, 1.807) is 21.7 Å². The zero-order chi connectivity index (χ0) is 37.3. The van der Waals surface area contributed by atoms with E-state index in [2.05, 4.69) is 49.7 Å². The second-order valence-corrected chi connectivity index (χ2v) is 18.9. The zero-order valence-electron chi connectivity index (χ0n) is 32.2. The molecule has 10 nitrogen and oxygen atoms in total. The van der Waals surface area contributed by atoms with E-state index in [0.717, 1.165) is 63.7 Å². The first-order valence-electron chi connectivity index (χ1n) is 19.7. The normalized spacial score (nSPS) is 22.6. The summed E-state index contributed by atoms with van der Waals surface area (Å²) in [6.45, 7) is 9.68. The molecule has 4 unspecified atom stereocenters. The molecule has 0 radical (unpaired) electrons. The molecular weight excluding hydrogens is 677 g/mol. The van der Waals surface area contributed by atoms with Crippen LogP contribution in [0.15, 0.2) is 42.0 Å². The van der Waals surface area contributed by atoms with Gasteiger partial charge in [0.1, 0.15) is 18.7 Å². The molecule has 2 saturated heterocycles. The standard InChI is InChI=1S/C41H62N4O6S/c1-6-51-52(5,30(2)3)28-16-24-42-38(46)23-8-7-13-25-43(4)39(47)36-21-14-26-44(36)40(48)37-22-15-27-45(37)41(49)50-29-35-33-19-11-9-17-31(33)32-18-10-12-20-34(32)35/h9-11,17-19,30,35-37H,6-8,12-16,20-29H2,1-5H3,(H,42,46). The van der Waals surface area contributed by atoms with Crippen molar-refractivity contribution in [1.29, 1.82) is 0 Å². The lowest BCUT2D eigenvalue weighted by Crippen LogP contribution is -2.53. The van der Waals surface area contributed by atoms with Crippen molar-refractivity contribution in [3.05, 3.63) is 53.1 Å². The van der Waals surface area contributed by atoms with Gasteiger partial charge < -0.3 is 24.0 Å². The summed E-state index contributed by atoms with van der Waals surface area (Å²) in [5.41, 5.74) is 5.00. The van der Waals surface area contributed by atoms with Crippen molar-refractivity contribution in [2.45, 2.75) is 115 Å². The van der Waals surface area contributed by atoms with Crippen molar-refractivity contribution in [3.63, 3.8) is 0 Å². The van der Waals surface area contributed by atoms with Crippen molar-refractivity contribution < 1.29 is 28.1 Å². The highest BCUT2D eigenvalue weighted by atomic mass is 32.3. The average molecular weight is 739 g/mol. The van der Waals surface area contributed by atoms with Crippen LogP contribution in [-0.2, 0) is 23.3 Å². The predicted molar refractivity (Wildman–Crippen MR) is 209 cm³/mol. The number of rotatable bonds is 17. The summed E-state index contributed by atoms with van der Waals surface area (Å²) >= 11 is 0. The van der Waals surface area contributed by atoms with Crippen LogP contribution in [0.3, 0.4) is 0 Å². The molecule has 0 bridgehead atoms. The third kappa shape index (κ3) is 9.43. The summed E-state index contributed by atoms with van der Waals surface area (Å²) in [6, 6.07) is 7.23. The predicted octanol–water partition coefficient (Wildman–Crippen LogP) is 6.80. The minimum atomic E-state index is -1.11. The summed E-state index contributed by atoms with van der Waals surface area (Å²) in [4.78, 5) is 58.4. The number of benzene rings is 1. The largest absolute Gasteiger partial charge is 0.448 e. The number of carbonyl (C=O) groups excluding carboxylic acids is 4. The number of carbonyl (C=O) groups is 4.